The average molecular weight is 325 g/mol. The SMILES string of the molecule is CC1CC2CC(C)(S(=O)(=O)NCCS(=O)(=O)O)CC2C1. The third-order valence-corrected chi connectivity index (χ3v) is 7.70. The molecule has 6 nitrogen and oxygen atoms in total. The van der Waals surface area contributed by atoms with Gasteiger partial charge in [0.05, 0.1) is 10.5 Å². The monoisotopic (exact) mass is 325 g/mol. The summed E-state index contributed by atoms with van der Waals surface area (Å²) < 4.78 is 56.2. The molecule has 2 N–H and O–H groups in total. The Morgan fingerprint density at radius 2 is 1.65 bits per heavy atom. The topological polar surface area (TPSA) is 101 Å². The molecule has 0 radical (unpaired) electrons. The summed E-state index contributed by atoms with van der Waals surface area (Å²) in [7, 11) is -7.71. The Balaban J connectivity index is 2.00. The Hall–Kier alpha value is -0.180. The maximum atomic E-state index is 12.4. The van der Waals surface area contributed by atoms with Crippen molar-refractivity contribution in [3.63, 3.8) is 0 Å². The van der Waals surface area contributed by atoms with Crippen molar-refractivity contribution in [3.8, 4) is 0 Å². The van der Waals surface area contributed by atoms with Crippen LogP contribution in [-0.4, -0.2) is 38.4 Å². The summed E-state index contributed by atoms with van der Waals surface area (Å²) in [6.45, 7) is 3.67. The summed E-state index contributed by atoms with van der Waals surface area (Å²) in [4.78, 5) is 0. The number of hydrogen-bond acceptors (Lipinski definition) is 4. The van der Waals surface area contributed by atoms with E-state index in [1.54, 1.807) is 6.92 Å². The van der Waals surface area contributed by atoms with Crippen molar-refractivity contribution in [2.24, 2.45) is 17.8 Å². The number of nitrogens with one attached hydrogen (secondary N) is 1. The summed E-state index contributed by atoms with van der Waals surface area (Å²) in [5, 5.41) is 0. The van der Waals surface area contributed by atoms with Crippen LogP contribution in [0.2, 0.25) is 0 Å². The van der Waals surface area contributed by atoms with Gasteiger partial charge >= 0.3 is 0 Å². The van der Waals surface area contributed by atoms with Crippen molar-refractivity contribution in [1.29, 1.82) is 0 Å². The van der Waals surface area contributed by atoms with E-state index >= 15 is 0 Å². The molecule has 0 spiro atoms. The van der Waals surface area contributed by atoms with Crippen molar-refractivity contribution in [2.45, 2.75) is 44.3 Å². The van der Waals surface area contributed by atoms with Crippen molar-refractivity contribution < 1.29 is 21.4 Å². The summed E-state index contributed by atoms with van der Waals surface area (Å²) in [6.07, 6.45) is 3.45. The van der Waals surface area contributed by atoms with Crippen molar-refractivity contribution in [1.82, 2.24) is 4.72 Å². The molecule has 0 aliphatic heterocycles. The smallest absolute Gasteiger partial charge is 0.266 e. The fraction of sp³-hybridized carbons (Fsp3) is 1.00. The Morgan fingerprint density at radius 3 is 2.10 bits per heavy atom. The highest BCUT2D eigenvalue weighted by molar-refractivity contribution is 7.91. The van der Waals surface area contributed by atoms with Crippen LogP contribution in [-0.2, 0) is 20.1 Å². The highest BCUT2D eigenvalue weighted by atomic mass is 32.2. The minimum Gasteiger partial charge on any atom is -0.286 e. The van der Waals surface area contributed by atoms with Crippen molar-refractivity contribution in [3.05, 3.63) is 0 Å². The first-order chi connectivity index (χ1) is 9.02. The number of hydrogen-bond donors (Lipinski definition) is 2. The molecule has 0 heterocycles. The lowest BCUT2D eigenvalue weighted by Gasteiger charge is -2.26. The molecule has 2 atom stereocenters. The molecule has 8 heteroatoms. The Bertz CT molecular complexity index is 555. The summed E-state index contributed by atoms with van der Waals surface area (Å²) >= 11 is 0. The molecular formula is C12H23NO5S2. The Kier molecular flexibility index (Phi) is 4.23. The third-order valence-electron chi connectivity index (χ3n) is 4.77. The van der Waals surface area contributed by atoms with Crippen LogP contribution in [0.3, 0.4) is 0 Å². The van der Waals surface area contributed by atoms with Gasteiger partial charge in [0.1, 0.15) is 0 Å². The first kappa shape index (κ1) is 16.2. The van der Waals surface area contributed by atoms with E-state index in [1.165, 1.54) is 0 Å². The molecule has 0 amide bonds. The van der Waals surface area contributed by atoms with E-state index in [-0.39, 0.29) is 6.54 Å². The van der Waals surface area contributed by atoms with Gasteiger partial charge in [0.2, 0.25) is 10.0 Å². The Morgan fingerprint density at radius 1 is 1.15 bits per heavy atom. The second-order valence-corrected chi connectivity index (χ2v) is 10.5. The number of rotatable bonds is 5. The quantitative estimate of drug-likeness (QED) is 0.735. The van der Waals surface area contributed by atoms with Crippen LogP contribution in [0.15, 0.2) is 0 Å². The number of fused-ring (bicyclic) bond motifs is 1. The van der Waals surface area contributed by atoms with E-state index in [2.05, 4.69) is 11.6 Å². The largest absolute Gasteiger partial charge is 0.286 e. The van der Waals surface area contributed by atoms with Gasteiger partial charge in [0.25, 0.3) is 10.1 Å². The molecule has 2 rings (SSSR count). The lowest BCUT2D eigenvalue weighted by molar-refractivity contribution is 0.457. The molecule has 2 unspecified atom stereocenters. The molecule has 0 aromatic carbocycles. The predicted molar refractivity (Wildman–Crippen MR) is 76.4 cm³/mol. The van der Waals surface area contributed by atoms with Crippen LogP contribution >= 0.6 is 0 Å². The van der Waals surface area contributed by atoms with Crippen LogP contribution < -0.4 is 4.72 Å². The van der Waals surface area contributed by atoms with Crippen LogP contribution in [0.5, 0.6) is 0 Å². The van der Waals surface area contributed by atoms with Gasteiger partial charge in [-0.3, -0.25) is 4.55 Å². The van der Waals surface area contributed by atoms with Gasteiger partial charge in [0.15, 0.2) is 0 Å². The Labute approximate surface area is 121 Å². The molecule has 0 aromatic heterocycles. The van der Waals surface area contributed by atoms with Gasteiger partial charge in [-0.05, 0) is 50.4 Å². The molecule has 2 fully saturated rings. The van der Waals surface area contributed by atoms with Crippen LogP contribution in [0.25, 0.3) is 0 Å². The van der Waals surface area contributed by atoms with Crippen molar-refractivity contribution in [2.75, 3.05) is 12.3 Å². The molecule has 118 valence electrons. The third kappa shape index (κ3) is 3.35. The van der Waals surface area contributed by atoms with E-state index in [9.17, 15) is 16.8 Å². The lowest BCUT2D eigenvalue weighted by Crippen LogP contribution is -2.44. The lowest BCUT2D eigenvalue weighted by atomic mass is 10.0. The van der Waals surface area contributed by atoms with Gasteiger partial charge < -0.3 is 0 Å². The predicted octanol–water partition coefficient (Wildman–Crippen LogP) is 1.01. The van der Waals surface area contributed by atoms with Crippen molar-refractivity contribution >= 4 is 20.1 Å². The van der Waals surface area contributed by atoms with E-state index in [4.69, 9.17) is 4.55 Å². The summed E-state index contributed by atoms with van der Waals surface area (Å²) in [6, 6.07) is 0. The molecule has 0 aromatic rings. The second-order valence-electron chi connectivity index (χ2n) is 6.64. The molecular weight excluding hydrogens is 302 g/mol. The van der Waals surface area contributed by atoms with Gasteiger partial charge in [0, 0.05) is 6.54 Å². The van der Waals surface area contributed by atoms with Gasteiger partial charge in [-0.15, -0.1) is 0 Å². The van der Waals surface area contributed by atoms with E-state index < -0.39 is 30.6 Å². The maximum Gasteiger partial charge on any atom is 0.266 e. The summed E-state index contributed by atoms with van der Waals surface area (Å²) in [5.74, 6) is 1.01. The van der Waals surface area contributed by atoms with E-state index in [1.807, 2.05) is 0 Å². The number of sulfonamides is 1. The highest BCUT2D eigenvalue weighted by Crippen LogP contribution is 2.53. The molecule has 20 heavy (non-hydrogen) atoms. The zero-order valence-corrected chi connectivity index (χ0v) is 13.5. The van der Waals surface area contributed by atoms with Gasteiger partial charge in [-0.25, -0.2) is 13.1 Å². The normalized spacial score (nSPS) is 38.0. The highest BCUT2D eigenvalue weighted by Gasteiger charge is 2.52. The van der Waals surface area contributed by atoms with Gasteiger partial charge in [-0.2, -0.15) is 8.42 Å². The van der Waals surface area contributed by atoms with Gasteiger partial charge in [-0.1, -0.05) is 6.92 Å². The molecule has 0 saturated heterocycles. The zero-order valence-electron chi connectivity index (χ0n) is 11.9. The van der Waals surface area contributed by atoms with E-state index in [0.717, 1.165) is 12.8 Å². The van der Waals surface area contributed by atoms with Crippen LogP contribution in [0.1, 0.15) is 39.5 Å². The molecule has 2 aliphatic carbocycles. The average Bonchev–Trinajstić information content (AvgIpc) is 2.69. The minimum absolute atomic E-state index is 0.275. The molecule has 2 aliphatic rings. The van der Waals surface area contributed by atoms with E-state index in [0.29, 0.717) is 30.6 Å². The summed E-state index contributed by atoms with van der Waals surface area (Å²) in [5.41, 5.74) is 0. The second kappa shape index (κ2) is 5.23. The maximum absolute atomic E-state index is 12.4. The van der Waals surface area contributed by atoms with Crippen LogP contribution in [0, 0.1) is 17.8 Å². The first-order valence-electron chi connectivity index (χ1n) is 6.97. The molecule has 0 bridgehead atoms. The van der Waals surface area contributed by atoms with Crippen LogP contribution in [0.4, 0.5) is 0 Å². The standard InChI is InChI=1S/C12H23NO5S2/c1-9-5-10-7-12(2,8-11(10)6-9)20(17,18)13-3-4-19(14,15)16/h9-11,13H,3-8H2,1-2H3,(H,14,15,16). The fourth-order valence-electron chi connectivity index (χ4n) is 3.91. The first-order valence-corrected chi connectivity index (χ1v) is 10.1. The molecule has 2 saturated carbocycles. The minimum atomic E-state index is -4.14. The zero-order chi connectivity index (χ0) is 15.2. The fourth-order valence-corrected chi connectivity index (χ4v) is 5.98.